The van der Waals surface area contributed by atoms with E-state index in [4.69, 9.17) is 5.11 Å². The Kier molecular flexibility index (Phi) is 3.87. The number of benzene rings is 1. The van der Waals surface area contributed by atoms with Crippen LogP contribution in [0.1, 0.15) is 17.3 Å². The molecule has 7 heteroatoms. The van der Waals surface area contributed by atoms with Crippen molar-refractivity contribution in [1.29, 1.82) is 0 Å². The van der Waals surface area contributed by atoms with Crippen LogP contribution in [0.5, 0.6) is 5.75 Å². The maximum atomic E-state index is 13.3. The third kappa shape index (κ3) is 2.95. The highest BCUT2D eigenvalue weighted by Crippen LogP contribution is 2.19. The van der Waals surface area contributed by atoms with Gasteiger partial charge in [-0.2, -0.15) is 0 Å². The summed E-state index contributed by atoms with van der Waals surface area (Å²) >= 11 is 0. The topological polar surface area (TPSA) is 107 Å². The van der Waals surface area contributed by atoms with Crippen molar-refractivity contribution in [2.24, 2.45) is 0 Å². The molecule has 0 fully saturated rings. The Morgan fingerprint density at radius 2 is 2.06 bits per heavy atom. The van der Waals surface area contributed by atoms with Crippen LogP contribution < -0.4 is 5.32 Å². The van der Waals surface area contributed by atoms with Crippen LogP contribution in [0.3, 0.4) is 0 Å². The summed E-state index contributed by atoms with van der Waals surface area (Å²) in [5, 5.41) is 29.3. The third-order valence-corrected chi connectivity index (χ3v) is 2.27. The quantitative estimate of drug-likeness (QED) is 0.612. The molecule has 0 radical (unpaired) electrons. The molecule has 4 N–H and O–H groups in total. The molecule has 1 rings (SSSR count). The number of aliphatic hydroxyl groups is 1. The molecule has 0 spiro atoms. The summed E-state index contributed by atoms with van der Waals surface area (Å²) in [6, 6.07) is 3.31. The van der Waals surface area contributed by atoms with Crippen molar-refractivity contribution >= 4 is 11.9 Å². The van der Waals surface area contributed by atoms with E-state index in [2.05, 4.69) is 0 Å². The largest absolute Gasteiger partial charge is 0.507 e. The van der Waals surface area contributed by atoms with Gasteiger partial charge < -0.3 is 20.6 Å². The minimum absolute atomic E-state index is 0.567. The van der Waals surface area contributed by atoms with Gasteiger partial charge in [0.1, 0.15) is 17.1 Å². The maximum absolute atomic E-state index is 13.3. The van der Waals surface area contributed by atoms with Crippen LogP contribution in [0.2, 0.25) is 0 Å². The molecule has 6 nitrogen and oxygen atoms in total. The first kappa shape index (κ1) is 13.9. The first-order valence-electron chi connectivity index (χ1n) is 4.97. The van der Waals surface area contributed by atoms with Crippen molar-refractivity contribution in [3.8, 4) is 5.75 Å². The number of carbonyl (C=O) groups excluding carboxylic acids is 1. The highest BCUT2D eigenvalue weighted by atomic mass is 19.1. The second kappa shape index (κ2) is 5.01. The average molecular weight is 257 g/mol. The Balaban J connectivity index is 2.82. The van der Waals surface area contributed by atoms with E-state index in [0.717, 1.165) is 19.1 Å². The molecule has 18 heavy (non-hydrogen) atoms. The lowest BCUT2D eigenvalue weighted by atomic mass is 10.1. The number of aromatic hydroxyl groups is 1. The van der Waals surface area contributed by atoms with Crippen LogP contribution in [0.25, 0.3) is 0 Å². The van der Waals surface area contributed by atoms with Gasteiger partial charge in [0, 0.05) is 0 Å². The van der Waals surface area contributed by atoms with Crippen molar-refractivity contribution in [2.45, 2.75) is 12.5 Å². The van der Waals surface area contributed by atoms with Gasteiger partial charge in [0.25, 0.3) is 5.91 Å². The van der Waals surface area contributed by atoms with Crippen LogP contribution in [-0.2, 0) is 4.79 Å². The van der Waals surface area contributed by atoms with Gasteiger partial charge in [0.15, 0.2) is 5.60 Å². The van der Waals surface area contributed by atoms with E-state index in [9.17, 15) is 24.2 Å². The molecule has 0 aromatic heterocycles. The molecule has 0 aliphatic heterocycles. The van der Waals surface area contributed by atoms with Crippen LogP contribution in [0, 0.1) is 5.82 Å². The molecule has 0 saturated heterocycles. The summed E-state index contributed by atoms with van der Waals surface area (Å²) in [5.74, 6) is -4.04. The van der Waals surface area contributed by atoms with Gasteiger partial charge in [-0.15, -0.1) is 0 Å². The Morgan fingerprint density at radius 1 is 1.44 bits per heavy atom. The van der Waals surface area contributed by atoms with Crippen LogP contribution in [-0.4, -0.2) is 39.3 Å². The lowest BCUT2D eigenvalue weighted by Crippen LogP contribution is -2.46. The van der Waals surface area contributed by atoms with Gasteiger partial charge in [-0.25, -0.2) is 9.18 Å². The van der Waals surface area contributed by atoms with Crippen molar-refractivity contribution in [3.63, 3.8) is 0 Å². The zero-order chi connectivity index (χ0) is 13.9. The van der Waals surface area contributed by atoms with E-state index in [1.807, 2.05) is 5.32 Å². The van der Waals surface area contributed by atoms with Gasteiger partial charge >= 0.3 is 5.97 Å². The smallest absolute Gasteiger partial charge is 0.337 e. The first-order chi connectivity index (χ1) is 8.25. The number of nitrogens with one attached hydrogen (secondary N) is 1. The minimum atomic E-state index is -2.17. The van der Waals surface area contributed by atoms with E-state index in [1.54, 1.807) is 0 Å². The zero-order valence-corrected chi connectivity index (χ0v) is 9.48. The van der Waals surface area contributed by atoms with Crippen LogP contribution >= 0.6 is 0 Å². The SMILES string of the molecule is CC(O)(CNC(=O)c1c(O)cccc1F)C(=O)O. The number of carboxylic acid groups (broad SMARTS) is 1. The molecule has 1 amide bonds. The fourth-order valence-electron chi connectivity index (χ4n) is 1.15. The van der Waals surface area contributed by atoms with Crippen molar-refractivity contribution < 1.29 is 29.3 Å². The summed E-state index contributed by atoms with van der Waals surface area (Å²) in [6.07, 6.45) is 0. The van der Waals surface area contributed by atoms with Gasteiger partial charge in [0.05, 0.1) is 6.54 Å². The zero-order valence-electron chi connectivity index (χ0n) is 9.48. The number of halogens is 1. The average Bonchev–Trinajstić information content (AvgIpc) is 2.26. The predicted octanol–water partition coefficient (Wildman–Crippen LogP) is 0.0967. The molecule has 0 heterocycles. The van der Waals surface area contributed by atoms with Crippen molar-refractivity contribution in [1.82, 2.24) is 5.32 Å². The summed E-state index contributed by atoms with van der Waals surface area (Å²) in [5.41, 5.74) is -2.77. The molecular formula is C11H12FNO5. The fourth-order valence-corrected chi connectivity index (χ4v) is 1.15. The minimum Gasteiger partial charge on any atom is -0.507 e. The summed E-state index contributed by atoms with van der Waals surface area (Å²) in [4.78, 5) is 22.1. The Labute approximate surface area is 102 Å². The molecular weight excluding hydrogens is 245 g/mol. The molecule has 98 valence electrons. The van der Waals surface area contributed by atoms with Gasteiger partial charge in [-0.1, -0.05) is 6.07 Å². The summed E-state index contributed by atoms with van der Waals surface area (Å²) in [7, 11) is 0. The normalized spacial score (nSPS) is 13.7. The second-order valence-electron chi connectivity index (χ2n) is 3.90. The molecule has 1 unspecified atom stereocenters. The standard InChI is InChI=1S/C11H12FNO5/c1-11(18,10(16)17)5-13-9(15)8-6(12)3-2-4-7(8)14/h2-4,14,18H,5H2,1H3,(H,13,15)(H,16,17). The van der Waals surface area contributed by atoms with E-state index in [-0.39, 0.29) is 0 Å². The molecule has 1 aromatic rings. The number of rotatable bonds is 4. The Hall–Kier alpha value is -2.15. The lowest BCUT2D eigenvalue weighted by Gasteiger charge is -2.18. The summed E-state index contributed by atoms with van der Waals surface area (Å²) < 4.78 is 13.3. The van der Waals surface area contributed by atoms with E-state index >= 15 is 0 Å². The van der Waals surface area contributed by atoms with Crippen LogP contribution in [0.15, 0.2) is 18.2 Å². The van der Waals surface area contributed by atoms with Gasteiger partial charge in [-0.05, 0) is 19.1 Å². The number of hydrogen-bond donors (Lipinski definition) is 4. The number of hydrogen-bond acceptors (Lipinski definition) is 4. The number of carbonyl (C=O) groups is 2. The number of amides is 1. The first-order valence-corrected chi connectivity index (χ1v) is 4.97. The van der Waals surface area contributed by atoms with Gasteiger partial charge in [-0.3, -0.25) is 4.79 Å². The molecule has 0 aliphatic carbocycles. The molecule has 0 aliphatic rings. The summed E-state index contributed by atoms with van der Waals surface area (Å²) in [6.45, 7) is 0.367. The Morgan fingerprint density at radius 3 is 2.56 bits per heavy atom. The number of carboxylic acids is 1. The Bertz CT molecular complexity index is 466. The predicted molar refractivity (Wildman–Crippen MR) is 58.7 cm³/mol. The van der Waals surface area contributed by atoms with Crippen molar-refractivity contribution in [3.05, 3.63) is 29.6 Å². The van der Waals surface area contributed by atoms with E-state index in [1.165, 1.54) is 6.07 Å². The highest BCUT2D eigenvalue weighted by Gasteiger charge is 2.31. The third-order valence-electron chi connectivity index (χ3n) is 2.27. The fraction of sp³-hybridized carbons (Fsp3) is 0.273. The number of phenolic OH excluding ortho intramolecular Hbond substituents is 1. The van der Waals surface area contributed by atoms with E-state index < -0.39 is 41.2 Å². The monoisotopic (exact) mass is 257 g/mol. The van der Waals surface area contributed by atoms with Gasteiger partial charge in [0.2, 0.25) is 0 Å². The maximum Gasteiger partial charge on any atom is 0.337 e. The molecule has 1 atom stereocenters. The number of aliphatic carboxylic acids is 1. The molecule has 1 aromatic carbocycles. The molecule has 0 bridgehead atoms. The second-order valence-corrected chi connectivity index (χ2v) is 3.90. The van der Waals surface area contributed by atoms with Crippen LogP contribution in [0.4, 0.5) is 4.39 Å². The lowest BCUT2D eigenvalue weighted by molar-refractivity contribution is -0.155. The highest BCUT2D eigenvalue weighted by molar-refractivity contribution is 5.97. The van der Waals surface area contributed by atoms with Crippen molar-refractivity contribution in [2.75, 3.05) is 6.54 Å². The molecule has 0 saturated carbocycles. The van der Waals surface area contributed by atoms with E-state index in [0.29, 0.717) is 0 Å². The number of phenols is 1.